The van der Waals surface area contributed by atoms with Crippen LogP contribution < -0.4 is 9.64 Å². The Morgan fingerprint density at radius 2 is 1.86 bits per heavy atom. The second-order valence-electron chi connectivity index (χ2n) is 6.09. The second kappa shape index (κ2) is 8.59. The highest BCUT2D eigenvalue weighted by Gasteiger charge is 2.34. The highest BCUT2D eigenvalue weighted by atomic mass is 32.2. The molecular formula is C21H18N4O2S2. The van der Waals surface area contributed by atoms with E-state index in [1.807, 2.05) is 72.5 Å². The zero-order valence-corrected chi connectivity index (χ0v) is 17.5. The predicted octanol–water partition coefficient (Wildman–Crippen LogP) is 4.92. The molecule has 1 saturated heterocycles. The molecule has 0 saturated carbocycles. The molecule has 0 radical (unpaired) electrons. The predicted molar refractivity (Wildman–Crippen MR) is 119 cm³/mol. The number of ether oxygens (including phenoxy) is 1. The molecule has 1 fully saturated rings. The number of anilines is 1. The van der Waals surface area contributed by atoms with E-state index in [2.05, 4.69) is 15.2 Å². The molecule has 1 aliphatic heterocycles. The van der Waals surface area contributed by atoms with Crippen molar-refractivity contribution in [3.63, 3.8) is 0 Å². The van der Waals surface area contributed by atoms with Crippen LogP contribution in [0.2, 0.25) is 0 Å². The van der Waals surface area contributed by atoms with Crippen molar-refractivity contribution >= 4 is 50.3 Å². The fourth-order valence-corrected chi connectivity index (χ4v) is 4.33. The smallest absolute Gasteiger partial charge is 0.243 e. The molecule has 4 rings (SSSR count). The van der Waals surface area contributed by atoms with Crippen LogP contribution in [0, 0.1) is 0 Å². The van der Waals surface area contributed by atoms with Crippen molar-refractivity contribution in [1.82, 2.24) is 10.2 Å². The topological polar surface area (TPSA) is 67.7 Å². The first-order valence-corrected chi connectivity index (χ1v) is 10.7. The summed E-state index contributed by atoms with van der Waals surface area (Å²) in [5.74, 6) is 0.768. The van der Waals surface area contributed by atoms with Crippen molar-refractivity contribution in [2.75, 3.05) is 12.0 Å². The lowest BCUT2D eigenvalue weighted by molar-refractivity contribution is -0.107. The highest BCUT2D eigenvalue weighted by Crippen LogP contribution is 2.37. The van der Waals surface area contributed by atoms with E-state index in [1.165, 1.54) is 11.3 Å². The highest BCUT2D eigenvalue weighted by molar-refractivity contribution is 8.27. The first-order valence-electron chi connectivity index (χ1n) is 9.02. The van der Waals surface area contributed by atoms with Gasteiger partial charge in [0.1, 0.15) is 16.5 Å². The number of amidine groups is 1. The number of methoxy groups -OCH3 is 1. The number of para-hydroxylation sites is 1. The largest absolute Gasteiger partial charge is 0.497 e. The number of aromatic nitrogens is 2. The van der Waals surface area contributed by atoms with Crippen LogP contribution in [0.25, 0.3) is 6.08 Å². The molecule has 0 aliphatic carbocycles. The van der Waals surface area contributed by atoms with E-state index in [1.54, 1.807) is 7.11 Å². The number of aryl methyl sites for hydroxylation is 1. The van der Waals surface area contributed by atoms with Crippen LogP contribution in [0.3, 0.4) is 0 Å². The number of rotatable bonds is 5. The fraction of sp³-hybridized carbons (Fsp3) is 0.143. The van der Waals surface area contributed by atoms with Crippen molar-refractivity contribution in [2.24, 2.45) is 4.99 Å². The minimum Gasteiger partial charge on any atom is -0.497 e. The third kappa shape index (κ3) is 4.23. The summed E-state index contributed by atoms with van der Waals surface area (Å²) in [7, 11) is 1.63. The summed E-state index contributed by atoms with van der Waals surface area (Å²) in [6.07, 6.45) is 2.67. The minimum atomic E-state index is -0.0661. The Bertz CT molecular complexity index is 1080. The van der Waals surface area contributed by atoms with Crippen molar-refractivity contribution < 1.29 is 9.53 Å². The van der Waals surface area contributed by atoms with Gasteiger partial charge in [0.25, 0.3) is 0 Å². The second-order valence-corrected chi connectivity index (χ2v) is 8.07. The van der Waals surface area contributed by atoms with Gasteiger partial charge in [-0.2, -0.15) is 4.99 Å². The molecule has 0 spiro atoms. The van der Waals surface area contributed by atoms with Crippen LogP contribution in [0.5, 0.6) is 5.75 Å². The summed E-state index contributed by atoms with van der Waals surface area (Å²) in [5, 5.41) is 10.2. The molecule has 0 unspecified atom stereocenters. The molecular weight excluding hydrogens is 404 g/mol. The Hall–Kier alpha value is -2.97. The summed E-state index contributed by atoms with van der Waals surface area (Å²) >= 11 is 2.53. The lowest BCUT2D eigenvalue weighted by Crippen LogP contribution is -2.22. The summed E-state index contributed by atoms with van der Waals surface area (Å²) in [4.78, 5) is 19.4. The quantitative estimate of drug-likeness (QED) is 0.544. The number of hydrogen-bond acceptors (Lipinski definition) is 7. The van der Waals surface area contributed by atoms with E-state index in [4.69, 9.17) is 4.74 Å². The van der Waals surface area contributed by atoms with Gasteiger partial charge in [0.15, 0.2) is 5.17 Å². The van der Waals surface area contributed by atoms with Crippen LogP contribution in [0.15, 0.2) is 65.3 Å². The number of carbonyl (C=O) groups excluding carboxylic acids is 1. The van der Waals surface area contributed by atoms with Gasteiger partial charge in [-0.25, -0.2) is 0 Å². The Morgan fingerprint density at radius 1 is 1.10 bits per heavy atom. The first-order chi connectivity index (χ1) is 14.2. The molecule has 2 aromatic carbocycles. The summed E-state index contributed by atoms with van der Waals surface area (Å²) < 4.78 is 5.21. The van der Waals surface area contributed by atoms with Gasteiger partial charge in [0.2, 0.25) is 10.2 Å². The van der Waals surface area contributed by atoms with Gasteiger partial charge in [0, 0.05) is 5.69 Å². The normalized spacial score (nSPS) is 16.8. The Labute approximate surface area is 177 Å². The van der Waals surface area contributed by atoms with Gasteiger partial charge < -0.3 is 4.74 Å². The Kier molecular flexibility index (Phi) is 5.73. The van der Waals surface area contributed by atoms with Gasteiger partial charge in [-0.1, -0.05) is 48.6 Å². The van der Waals surface area contributed by atoms with Crippen LogP contribution in [0.1, 0.15) is 17.5 Å². The number of nitrogens with zero attached hydrogens (tertiary/aromatic N) is 4. The standard InChI is InChI=1S/C21H18N4O2S2/c1-3-18-23-24-20(28-18)22-21-25(15-7-5-4-6-8-15)17(19(26)29-21)13-14-9-11-16(27-2)12-10-14/h4-13H,3H2,1-2H3. The maximum atomic E-state index is 12.9. The molecule has 2 heterocycles. The van der Waals surface area contributed by atoms with Crippen molar-refractivity contribution in [2.45, 2.75) is 13.3 Å². The lowest BCUT2D eigenvalue weighted by Gasteiger charge is -2.18. The SMILES string of the molecule is CCc1nnc(N=C2SC(=O)C(=Cc3ccc(OC)cc3)N2c2ccccc2)s1. The Balaban J connectivity index is 1.77. The molecule has 0 bridgehead atoms. The molecule has 6 nitrogen and oxygen atoms in total. The van der Waals surface area contributed by atoms with Crippen LogP contribution in [-0.4, -0.2) is 27.6 Å². The van der Waals surface area contributed by atoms with Gasteiger partial charge >= 0.3 is 0 Å². The summed E-state index contributed by atoms with van der Waals surface area (Å²) in [6.45, 7) is 2.03. The number of hydrogen-bond donors (Lipinski definition) is 0. The summed E-state index contributed by atoms with van der Waals surface area (Å²) in [5.41, 5.74) is 2.32. The summed E-state index contributed by atoms with van der Waals surface area (Å²) in [6, 6.07) is 17.3. The van der Waals surface area contributed by atoms with Crippen LogP contribution in [-0.2, 0) is 11.2 Å². The zero-order valence-electron chi connectivity index (χ0n) is 15.9. The van der Waals surface area contributed by atoms with E-state index in [0.29, 0.717) is 16.0 Å². The van der Waals surface area contributed by atoms with Crippen LogP contribution in [0.4, 0.5) is 10.8 Å². The van der Waals surface area contributed by atoms with Crippen LogP contribution >= 0.6 is 23.1 Å². The maximum absolute atomic E-state index is 12.9. The molecule has 3 aromatic rings. The number of benzene rings is 2. The van der Waals surface area contributed by atoms with E-state index in [0.717, 1.165) is 40.2 Å². The molecule has 1 aromatic heterocycles. The van der Waals surface area contributed by atoms with E-state index >= 15 is 0 Å². The van der Waals surface area contributed by atoms with Gasteiger partial charge in [-0.05, 0) is 54.1 Å². The average Bonchev–Trinajstić information content (AvgIpc) is 3.33. The van der Waals surface area contributed by atoms with Gasteiger partial charge in [-0.3, -0.25) is 9.69 Å². The lowest BCUT2D eigenvalue weighted by atomic mass is 10.1. The minimum absolute atomic E-state index is 0.0661. The zero-order chi connectivity index (χ0) is 20.2. The van der Waals surface area contributed by atoms with Gasteiger partial charge in [-0.15, -0.1) is 10.2 Å². The molecule has 146 valence electrons. The van der Waals surface area contributed by atoms with Crippen molar-refractivity contribution in [3.05, 3.63) is 70.9 Å². The average molecular weight is 423 g/mol. The third-order valence-corrected chi connectivity index (χ3v) is 6.02. The first kappa shape index (κ1) is 19.4. The Morgan fingerprint density at radius 3 is 2.52 bits per heavy atom. The van der Waals surface area contributed by atoms with Crippen molar-refractivity contribution in [1.29, 1.82) is 0 Å². The fourth-order valence-electron chi connectivity index (χ4n) is 2.77. The number of carbonyl (C=O) groups is 1. The molecule has 0 amide bonds. The van der Waals surface area contributed by atoms with E-state index in [-0.39, 0.29) is 5.12 Å². The third-order valence-electron chi connectivity index (χ3n) is 4.21. The monoisotopic (exact) mass is 422 g/mol. The molecule has 0 N–H and O–H groups in total. The molecule has 0 atom stereocenters. The van der Waals surface area contributed by atoms with Gasteiger partial charge in [0.05, 0.1) is 7.11 Å². The van der Waals surface area contributed by atoms with Crippen molar-refractivity contribution in [3.8, 4) is 5.75 Å². The van der Waals surface area contributed by atoms with E-state index < -0.39 is 0 Å². The number of thioether (sulfide) groups is 1. The maximum Gasteiger partial charge on any atom is 0.243 e. The number of aliphatic imine (C=N–C) groups is 1. The molecule has 29 heavy (non-hydrogen) atoms. The van der Waals surface area contributed by atoms with E-state index in [9.17, 15) is 4.79 Å². The molecule has 8 heteroatoms. The molecule has 1 aliphatic rings.